The van der Waals surface area contributed by atoms with Gasteiger partial charge in [0.15, 0.2) is 0 Å². The first-order valence-corrected chi connectivity index (χ1v) is 13.1. The molecule has 0 bridgehead atoms. The second-order valence-corrected chi connectivity index (χ2v) is 11.0. The van der Waals surface area contributed by atoms with E-state index in [0.29, 0.717) is 47.7 Å². The van der Waals surface area contributed by atoms with Gasteiger partial charge >= 0.3 is 0 Å². The standard InChI is InChI=1S/C24H24N4O3S2/c1-18-25-24(26-31-18)21-16-22(32-17-21)33(29,30)28-14-12-27(13-15-28)23(19-8-4-2-5-9-19)20-10-6-3-7-11-20/h2-11,16-17,23H,12-15H2,1H3. The van der Waals surface area contributed by atoms with E-state index >= 15 is 0 Å². The highest BCUT2D eigenvalue weighted by Gasteiger charge is 2.33. The first-order valence-electron chi connectivity index (χ1n) is 10.8. The number of sulfonamides is 1. The Hall–Kier alpha value is -2.85. The van der Waals surface area contributed by atoms with Gasteiger partial charge < -0.3 is 4.52 Å². The third-order valence-corrected chi connectivity index (χ3v) is 9.14. The number of rotatable bonds is 6. The summed E-state index contributed by atoms with van der Waals surface area (Å²) in [5, 5.41) is 5.64. The van der Waals surface area contributed by atoms with E-state index in [0.717, 1.165) is 0 Å². The molecule has 0 unspecified atom stereocenters. The Morgan fingerprint density at radius 2 is 1.55 bits per heavy atom. The zero-order valence-corrected chi connectivity index (χ0v) is 19.8. The number of benzene rings is 2. The number of hydrogen-bond acceptors (Lipinski definition) is 7. The van der Waals surface area contributed by atoms with Crippen LogP contribution in [0.3, 0.4) is 0 Å². The third kappa shape index (κ3) is 4.49. The largest absolute Gasteiger partial charge is 0.339 e. The summed E-state index contributed by atoms with van der Waals surface area (Å²) in [5.74, 6) is 0.853. The Morgan fingerprint density at radius 3 is 2.09 bits per heavy atom. The molecule has 1 saturated heterocycles. The van der Waals surface area contributed by atoms with E-state index in [1.54, 1.807) is 22.7 Å². The molecule has 1 fully saturated rings. The monoisotopic (exact) mass is 480 g/mol. The molecule has 170 valence electrons. The van der Waals surface area contributed by atoms with Crippen LogP contribution in [0.2, 0.25) is 0 Å². The zero-order valence-electron chi connectivity index (χ0n) is 18.2. The quantitative estimate of drug-likeness (QED) is 0.412. The van der Waals surface area contributed by atoms with Gasteiger partial charge in [0.05, 0.1) is 6.04 Å². The van der Waals surface area contributed by atoms with Crippen LogP contribution in [0.1, 0.15) is 23.1 Å². The first kappa shape index (κ1) is 22.0. The summed E-state index contributed by atoms with van der Waals surface area (Å²) in [4.78, 5) is 6.55. The lowest BCUT2D eigenvalue weighted by molar-refractivity contribution is 0.156. The van der Waals surface area contributed by atoms with Gasteiger partial charge in [-0.25, -0.2) is 8.42 Å². The minimum atomic E-state index is -3.58. The average Bonchev–Trinajstić information content (AvgIpc) is 3.51. The number of hydrogen-bond donors (Lipinski definition) is 0. The van der Waals surface area contributed by atoms with E-state index in [1.165, 1.54) is 22.5 Å². The fourth-order valence-electron chi connectivity index (χ4n) is 4.20. The molecule has 5 rings (SSSR count). The molecule has 0 atom stereocenters. The summed E-state index contributed by atoms with van der Waals surface area (Å²) in [6, 6.07) is 22.5. The third-order valence-electron chi connectivity index (χ3n) is 5.82. The lowest BCUT2D eigenvalue weighted by atomic mass is 9.96. The van der Waals surface area contributed by atoms with Crippen LogP contribution in [0, 0.1) is 6.92 Å². The molecule has 0 spiro atoms. The normalized spacial score (nSPS) is 15.8. The van der Waals surface area contributed by atoms with Gasteiger partial charge in [0.2, 0.25) is 11.7 Å². The molecule has 3 heterocycles. The van der Waals surface area contributed by atoms with Crippen molar-refractivity contribution in [2.75, 3.05) is 26.2 Å². The highest BCUT2D eigenvalue weighted by atomic mass is 32.2. The van der Waals surface area contributed by atoms with Crippen molar-refractivity contribution in [2.24, 2.45) is 0 Å². The van der Waals surface area contributed by atoms with Crippen molar-refractivity contribution in [2.45, 2.75) is 17.2 Å². The van der Waals surface area contributed by atoms with Gasteiger partial charge in [-0.05, 0) is 17.2 Å². The molecule has 2 aromatic heterocycles. The molecule has 9 heteroatoms. The Morgan fingerprint density at radius 1 is 0.939 bits per heavy atom. The minimum absolute atomic E-state index is 0.0899. The highest BCUT2D eigenvalue weighted by molar-refractivity contribution is 7.91. The van der Waals surface area contributed by atoms with Crippen molar-refractivity contribution >= 4 is 21.4 Å². The summed E-state index contributed by atoms with van der Waals surface area (Å²) in [6.07, 6.45) is 0. The number of aromatic nitrogens is 2. The molecule has 7 nitrogen and oxygen atoms in total. The molecule has 0 saturated carbocycles. The van der Waals surface area contributed by atoms with Gasteiger partial charge in [-0.15, -0.1) is 11.3 Å². The van der Waals surface area contributed by atoms with Gasteiger partial charge in [0.1, 0.15) is 4.21 Å². The van der Waals surface area contributed by atoms with Crippen molar-refractivity contribution in [3.63, 3.8) is 0 Å². The summed E-state index contributed by atoms with van der Waals surface area (Å²) in [7, 11) is -3.58. The van der Waals surface area contributed by atoms with Gasteiger partial charge in [0, 0.05) is 44.0 Å². The maximum Gasteiger partial charge on any atom is 0.252 e. The van der Waals surface area contributed by atoms with Crippen LogP contribution in [0.15, 0.2) is 80.8 Å². The molecule has 33 heavy (non-hydrogen) atoms. The number of aryl methyl sites for hydroxylation is 1. The van der Waals surface area contributed by atoms with E-state index in [-0.39, 0.29) is 6.04 Å². The number of piperazine rings is 1. The molecule has 4 aromatic rings. The van der Waals surface area contributed by atoms with Crippen molar-refractivity contribution in [3.05, 3.63) is 89.1 Å². The maximum absolute atomic E-state index is 13.3. The van der Waals surface area contributed by atoms with Crippen LogP contribution < -0.4 is 0 Å². The second kappa shape index (κ2) is 9.18. The van der Waals surface area contributed by atoms with Crippen LogP contribution >= 0.6 is 11.3 Å². The summed E-state index contributed by atoms with van der Waals surface area (Å²) >= 11 is 1.19. The Bertz CT molecular complexity index is 1270. The fraction of sp³-hybridized carbons (Fsp3) is 0.250. The van der Waals surface area contributed by atoms with Crippen molar-refractivity contribution in [1.29, 1.82) is 0 Å². The van der Waals surface area contributed by atoms with Crippen LogP contribution in [0.4, 0.5) is 0 Å². The van der Waals surface area contributed by atoms with Crippen LogP contribution in [0.25, 0.3) is 11.4 Å². The minimum Gasteiger partial charge on any atom is -0.339 e. The predicted molar refractivity (Wildman–Crippen MR) is 127 cm³/mol. The van der Waals surface area contributed by atoms with Gasteiger partial charge in [-0.1, -0.05) is 65.8 Å². The number of nitrogens with zero attached hydrogens (tertiary/aromatic N) is 4. The van der Waals surface area contributed by atoms with Gasteiger partial charge in [-0.2, -0.15) is 9.29 Å². The topological polar surface area (TPSA) is 79.5 Å². The second-order valence-electron chi connectivity index (χ2n) is 7.96. The Kier molecular flexibility index (Phi) is 6.11. The van der Waals surface area contributed by atoms with E-state index in [2.05, 4.69) is 39.3 Å². The van der Waals surface area contributed by atoms with E-state index < -0.39 is 10.0 Å². The SMILES string of the molecule is Cc1nc(-c2csc(S(=O)(=O)N3CCN(C(c4ccccc4)c4ccccc4)CC3)c2)no1. The zero-order chi connectivity index (χ0) is 22.8. The molecule has 2 aromatic carbocycles. The molecular weight excluding hydrogens is 456 g/mol. The van der Waals surface area contributed by atoms with E-state index in [4.69, 9.17) is 4.52 Å². The molecule has 1 aliphatic rings. The van der Waals surface area contributed by atoms with Crippen LogP contribution in [-0.2, 0) is 10.0 Å². The molecular formula is C24H24N4O3S2. The molecule has 0 N–H and O–H groups in total. The lowest BCUT2D eigenvalue weighted by Gasteiger charge is -2.39. The average molecular weight is 481 g/mol. The van der Waals surface area contributed by atoms with E-state index in [9.17, 15) is 8.42 Å². The predicted octanol–water partition coefficient (Wildman–Crippen LogP) is 4.20. The maximum atomic E-state index is 13.3. The first-order chi connectivity index (χ1) is 16.0. The Labute approximate surface area is 197 Å². The lowest BCUT2D eigenvalue weighted by Crippen LogP contribution is -2.49. The summed E-state index contributed by atoms with van der Waals surface area (Å²) in [5.41, 5.74) is 3.07. The highest BCUT2D eigenvalue weighted by Crippen LogP contribution is 2.32. The van der Waals surface area contributed by atoms with Crippen molar-refractivity contribution in [3.8, 4) is 11.4 Å². The van der Waals surface area contributed by atoms with Crippen LogP contribution in [0.5, 0.6) is 0 Å². The molecule has 0 radical (unpaired) electrons. The molecule has 0 aliphatic carbocycles. The number of thiophene rings is 1. The van der Waals surface area contributed by atoms with Crippen molar-refractivity contribution in [1.82, 2.24) is 19.3 Å². The summed E-state index contributed by atoms with van der Waals surface area (Å²) in [6.45, 7) is 3.88. The molecule has 0 amide bonds. The van der Waals surface area contributed by atoms with Crippen LogP contribution in [-0.4, -0.2) is 53.9 Å². The van der Waals surface area contributed by atoms with E-state index in [1.807, 2.05) is 36.4 Å². The molecule has 1 aliphatic heterocycles. The van der Waals surface area contributed by atoms with Gasteiger partial charge in [0.25, 0.3) is 10.0 Å². The summed E-state index contributed by atoms with van der Waals surface area (Å²) < 4.78 is 33.5. The fourth-order valence-corrected chi connectivity index (χ4v) is 6.93. The van der Waals surface area contributed by atoms with Gasteiger partial charge in [-0.3, -0.25) is 4.90 Å². The van der Waals surface area contributed by atoms with Crippen molar-refractivity contribution < 1.29 is 12.9 Å². The smallest absolute Gasteiger partial charge is 0.252 e. The Balaban J connectivity index is 1.34.